The molecule has 0 bridgehead atoms. The van der Waals surface area contributed by atoms with Gasteiger partial charge in [0.2, 0.25) is 0 Å². The molecule has 0 fully saturated rings. The minimum Gasteiger partial charge on any atom is -0.465 e. The molecule has 0 spiro atoms. The molecule has 1 aromatic rings. The SMILES string of the molecule is CCCCNC(=O)O.ON=Cc1ccccc1. The minimum atomic E-state index is -0.932. The minimum absolute atomic E-state index is 0.575. The fraction of sp³-hybridized carbons (Fsp3) is 0.333. The zero-order chi connectivity index (χ0) is 12.9. The summed E-state index contributed by atoms with van der Waals surface area (Å²) in [5.74, 6) is 0. The molecule has 94 valence electrons. The van der Waals surface area contributed by atoms with Crippen molar-refractivity contribution in [3.05, 3.63) is 35.9 Å². The first-order valence-corrected chi connectivity index (χ1v) is 5.40. The van der Waals surface area contributed by atoms with Gasteiger partial charge in [0, 0.05) is 6.54 Å². The number of nitrogens with zero attached hydrogens (tertiary/aromatic N) is 1. The number of carboxylic acid groups (broad SMARTS) is 1. The maximum absolute atomic E-state index is 9.76. The molecule has 17 heavy (non-hydrogen) atoms. The Morgan fingerprint density at radius 3 is 2.53 bits per heavy atom. The van der Waals surface area contributed by atoms with E-state index in [1.165, 1.54) is 6.21 Å². The van der Waals surface area contributed by atoms with Gasteiger partial charge in [-0.25, -0.2) is 4.79 Å². The van der Waals surface area contributed by atoms with Crippen LogP contribution in [0.5, 0.6) is 0 Å². The van der Waals surface area contributed by atoms with E-state index in [0.717, 1.165) is 18.4 Å². The molecule has 1 amide bonds. The number of hydrogen-bond acceptors (Lipinski definition) is 3. The van der Waals surface area contributed by atoms with Gasteiger partial charge in [-0.2, -0.15) is 0 Å². The predicted molar refractivity (Wildman–Crippen MR) is 66.8 cm³/mol. The summed E-state index contributed by atoms with van der Waals surface area (Å²) < 4.78 is 0. The van der Waals surface area contributed by atoms with Crippen LogP contribution in [0.2, 0.25) is 0 Å². The van der Waals surface area contributed by atoms with Gasteiger partial charge in [0.1, 0.15) is 0 Å². The quantitative estimate of drug-likeness (QED) is 0.326. The number of rotatable bonds is 4. The molecule has 5 nitrogen and oxygen atoms in total. The fourth-order valence-corrected chi connectivity index (χ4v) is 0.978. The van der Waals surface area contributed by atoms with Crippen LogP contribution in [-0.4, -0.2) is 29.2 Å². The lowest BCUT2D eigenvalue weighted by Crippen LogP contribution is -2.21. The lowest BCUT2D eigenvalue weighted by Gasteiger charge is -1.94. The second-order valence-electron chi connectivity index (χ2n) is 3.24. The van der Waals surface area contributed by atoms with Crippen LogP contribution in [0.25, 0.3) is 0 Å². The van der Waals surface area contributed by atoms with Crippen molar-refractivity contribution in [2.45, 2.75) is 19.8 Å². The van der Waals surface area contributed by atoms with E-state index in [1.54, 1.807) is 0 Å². The standard InChI is InChI=1S/C7H7NO.C5H11NO2/c9-8-6-7-4-2-1-3-5-7;1-2-3-4-6-5(7)8/h1-6,9H;6H,2-4H2,1H3,(H,7,8). The summed E-state index contributed by atoms with van der Waals surface area (Å²) in [7, 11) is 0. The Balaban J connectivity index is 0.000000304. The summed E-state index contributed by atoms with van der Waals surface area (Å²) in [6.45, 7) is 2.59. The van der Waals surface area contributed by atoms with Crippen LogP contribution < -0.4 is 5.32 Å². The molecule has 0 unspecified atom stereocenters. The smallest absolute Gasteiger partial charge is 0.404 e. The topological polar surface area (TPSA) is 81.9 Å². The molecular weight excluding hydrogens is 220 g/mol. The average molecular weight is 238 g/mol. The van der Waals surface area contributed by atoms with Crippen LogP contribution >= 0.6 is 0 Å². The fourth-order valence-electron chi connectivity index (χ4n) is 0.978. The highest BCUT2D eigenvalue weighted by Gasteiger charge is 1.88. The molecule has 0 heterocycles. The van der Waals surface area contributed by atoms with Crippen molar-refractivity contribution in [3.8, 4) is 0 Å². The van der Waals surface area contributed by atoms with Crippen molar-refractivity contribution in [1.29, 1.82) is 0 Å². The van der Waals surface area contributed by atoms with Crippen molar-refractivity contribution in [3.63, 3.8) is 0 Å². The number of nitrogens with one attached hydrogen (secondary N) is 1. The summed E-state index contributed by atoms with van der Waals surface area (Å²) in [5, 5.41) is 21.3. The number of unbranched alkanes of at least 4 members (excludes halogenated alkanes) is 1. The molecule has 0 aromatic heterocycles. The molecule has 0 saturated heterocycles. The molecule has 1 aromatic carbocycles. The maximum Gasteiger partial charge on any atom is 0.404 e. The lowest BCUT2D eigenvalue weighted by molar-refractivity contribution is 0.194. The van der Waals surface area contributed by atoms with Crippen LogP contribution in [-0.2, 0) is 0 Å². The highest BCUT2D eigenvalue weighted by atomic mass is 16.4. The Labute approximate surface area is 101 Å². The Hall–Kier alpha value is -2.04. The second kappa shape index (κ2) is 10.5. The van der Waals surface area contributed by atoms with Crippen LogP contribution in [0.4, 0.5) is 4.79 Å². The van der Waals surface area contributed by atoms with Gasteiger partial charge in [0.05, 0.1) is 6.21 Å². The number of oxime groups is 1. The van der Waals surface area contributed by atoms with Crippen molar-refractivity contribution < 1.29 is 15.1 Å². The molecule has 3 N–H and O–H groups in total. The molecule has 0 saturated carbocycles. The van der Waals surface area contributed by atoms with E-state index >= 15 is 0 Å². The molecule has 0 radical (unpaired) electrons. The van der Waals surface area contributed by atoms with Crippen LogP contribution in [0, 0.1) is 0 Å². The van der Waals surface area contributed by atoms with Gasteiger partial charge in [0.15, 0.2) is 0 Å². The average Bonchev–Trinajstić information content (AvgIpc) is 2.32. The van der Waals surface area contributed by atoms with Crippen molar-refractivity contribution in [2.24, 2.45) is 5.16 Å². The van der Waals surface area contributed by atoms with Gasteiger partial charge in [-0.05, 0) is 12.0 Å². The van der Waals surface area contributed by atoms with E-state index in [1.807, 2.05) is 37.3 Å². The molecule has 5 heteroatoms. The first-order chi connectivity index (χ1) is 8.20. The highest BCUT2D eigenvalue weighted by Crippen LogP contribution is 1.92. The first kappa shape index (κ1) is 15.0. The van der Waals surface area contributed by atoms with Gasteiger partial charge in [-0.1, -0.05) is 48.8 Å². The monoisotopic (exact) mass is 238 g/mol. The van der Waals surface area contributed by atoms with Crippen molar-refractivity contribution in [1.82, 2.24) is 5.32 Å². The third-order valence-electron chi connectivity index (χ3n) is 1.81. The van der Waals surface area contributed by atoms with Gasteiger partial charge >= 0.3 is 6.09 Å². The van der Waals surface area contributed by atoms with Crippen LogP contribution in [0.15, 0.2) is 35.5 Å². The molecule has 0 aliphatic heterocycles. The Bertz CT molecular complexity index is 326. The van der Waals surface area contributed by atoms with Crippen molar-refractivity contribution in [2.75, 3.05) is 6.54 Å². The first-order valence-electron chi connectivity index (χ1n) is 5.40. The highest BCUT2D eigenvalue weighted by molar-refractivity contribution is 5.78. The molecule has 0 aliphatic carbocycles. The summed E-state index contributed by atoms with van der Waals surface area (Å²) in [4.78, 5) is 9.76. The Morgan fingerprint density at radius 2 is 2.06 bits per heavy atom. The molecule has 1 rings (SSSR count). The maximum atomic E-state index is 9.76. The van der Waals surface area contributed by atoms with Crippen LogP contribution in [0.3, 0.4) is 0 Å². The van der Waals surface area contributed by atoms with E-state index < -0.39 is 6.09 Å². The van der Waals surface area contributed by atoms with Crippen molar-refractivity contribution >= 4 is 12.3 Å². The predicted octanol–water partition coefficient (Wildman–Crippen LogP) is 2.55. The van der Waals surface area contributed by atoms with Gasteiger partial charge < -0.3 is 15.6 Å². The summed E-state index contributed by atoms with van der Waals surface area (Å²) in [6, 6.07) is 9.40. The van der Waals surface area contributed by atoms with E-state index in [0.29, 0.717) is 6.54 Å². The number of carbonyl (C=O) groups is 1. The summed E-state index contributed by atoms with van der Waals surface area (Å²) >= 11 is 0. The Morgan fingerprint density at radius 1 is 1.41 bits per heavy atom. The van der Waals surface area contributed by atoms with Gasteiger partial charge in [-0.15, -0.1) is 0 Å². The lowest BCUT2D eigenvalue weighted by atomic mass is 10.2. The third kappa shape index (κ3) is 10.2. The zero-order valence-corrected chi connectivity index (χ0v) is 9.84. The second-order valence-corrected chi connectivity index (χ2v) is 3.24. The third-order valence-corrected chi connectivity index (χ3v) is 1.81. The van der Waals surface area contributed by atoms with E-state index in [9.17, 15) is 4.79 Å². The van der Waals surface area contributed by atoms with E-state index in [4.69, 9.17) is 10.3 Å². The number of amides is 1. The number of hydrogen-bond donors (Lipinski definition) is 3. The van der Waals surface area contributed by atoms with E-state index in [2.05, 4.69) is 10.5 Å². The van der Waals surface area contributed by atoms with Gasteiger partial charge in [-0.3, -0.25) is 0 Å². The molecule has 0 aliphatic rings. The zero-order valence-electron chi connectivity index (χ0n) is 9.84. The summed E-state index contributed by atoms with van der Waals surface area (Å²) in [6.07, 6.45) is 2.41. The van der Waals surface area contributed by atoms with Gasteiger partial charge in [0.25, 0.3) is 0 Å². The van der Waals surface area contributed by atoms with E-state index in [-0.39, 0.29) is 0 Å². The summed E-state index contributed by atoms with van der Waals surface area (Å²) in [5.41, 5.74) is 0.903. The normalized spacial score (nSPS) is 9.47. The largest absolute Gasteiger partial charge is 0.465 e. The Kier molecular flexibility index (Phi) is 9.22. The molecule has 0 atom stereocenters. The van der Waals surface area contributed by atoms with Crippen LogP contribution in [0.1, 0.15) is 25.3 Å². The number of benzene rings is 1. The molecular formula is C12H18N2O3.